The summed E-state index contributed by atoms with van der Waals surface area (Å²) in [6.07, 6.45) is 0. The van der Waals surface area contributed by atoms with E-state index in [4.69, 9.17) is 4.74 Å². The first kappa shape index (κ1) is 15.8. The van der Waals surface area contributed by atoms with Crippen LogP contribution in [0.3, 0.4) is 0 Å². The number of nitrogens with zero attached hydrogens (tertiary/aromatic N) is 1. The van der Waals surface area contributed by atoms with E-state index in [0.29, 0.717) is 6.71 Å². The summed E-state index contributed by atoms with van der Waals surface area (Å²) < 4.78 is 5.66. The van der Waals surface area contributed by atoms with Gasteiger partial charge in [0.1, 0.15) is 5.75 Å². The van der Waals surface area contributed by atoms with Gasteiger partial charge in [-0.25, -0.2) is 0 Å². The van der Waals surface area contributed by atoms with Crippen LogP contribution in [0.4, 0.5) is 17.1 Å². The Bertz CT molecular complexity index is 897. The van der Waals surface area contributed by atoms with E-state index in [1.165, 1.54) is 33.4 Å². The van der Waals surface area contributed by atoms with Gasteiger partial charge < -0.3 is 9.64 Å². The maximum atomic E-state index is 5.66. The summed E-state index contributed by atoms with van der Waals surface area (Å²) in [7, 11) is 1.73. The Morgan fingerprint density at radius 3 is 1.88 bits per heavy atom. The van der Waals surface area contributed by atoms with Gasteiger partial charge in [-0.1, -0.05) is 65.3 Å². The molecule has 124 valence electrons. The minimum absolute atomic E-state index is 0.371. The van der Waals surface area contributed by atoms with Crippen LogP contribution in [0.15, 0.2) is 60.7 Å². The number of methoxy groups -OCH3 is 1. The molecule has 0 unspecified atom stereocenters. The molecule has 3 aromatic rings. The van der Waals surface area contributed by atoms with E-state index in [1.807, 2.05) is 12.1 Å². The van der Waals surface area contributed by atoms with Crippen LogP contribution in [-0.4, -0.2) is 13.8 Å². The van der Waals surface area contributed by atoms with Gasteiger partial charge in [-0.2, -0.15) is 0 Å². The highest BCUT2D eigenvalue weighted by molar-refractivity contribution is 6.87. The smallest absolute Gasteiger partial charge is 0.211 e. The predicted molar refractivity (Wildman–Crippen MR) is 108 cm³/mol. The van der Waals surface area contributed by atoms with Crippen LogP contribution in [0.1, 0.15) is 11.1 Å². The van der Waals surface area contributed by atoms with Crippen LogP contribution in [0.5, 0.6) is 5.75 Å². The zero-order valence-electron chi connectivity index (χ0n) is 15.2. The van der Waals surface area contributed by atoms with Crippen LogP contribution >= 0.6 is 0 Å². The van der Waals surface area contributed by atoms with Crippen LogP contribution in [0.25, 0.3) is 0 Å². The standard InChI is InChI=1S/C22H22BNO/c1-15-9-11-19-17(13-15)23(3)18-14-16(2)10-12-20(18)24(19)21-7-5-6-8-22(21)25-4/h5-14H,1-4H3. The molecule has 0 aromatic heterocycles. The zero-order valence-corrected chi connectivity index (χ0v) is 15.2. The Hall–Kier alpha value is -2.68. The van der Waals surface area contributed by atoms with Gasteiger partial charge in [0.25, 0.3) is 0 Å². The molecule has 1 heterocycles. The maximum Gasteiger partial charge on any atom is 0.211 e. The van der Waals surface area contributed by atoms with E-state index in [0.717, 1.165) is 11.4 Å². The molecule has 25 heavy (non-hydrogen) atoms. The second kappa shape index (κ2) is 6.00. The number of rotatable bonds is 2. The second-order valence-corrected chi connectivity index (χ2v) is 6.85. The fraction of sp³-hybridized carbons (Fsp3) is 0.182. The summed E-state index contributed by atoms with van der Waals surface area (Å²) in [5.74, 6) is 0.884. The van der Waals surface area contributed by atoms with Gasteiger partial charge in [0, 0.05) is 11.4 Å². The molecule has 0 saturated heterocycles. The fourth-order valence-corrected chi connectivity index (χ4v) is 3.82. The average molecular weight is 327 g/mol. The maximum absolute atomic E-state index is 5.66. The Morgan fingerprint density at radius 2 is 1.32 bits per heavy atom. The topological polar surface area (TPSA) is 12.5 Å². The van der Waals surface area contributed by atoms with Crippen molar-refractivity contribution in [2.24, 2.45) is 0 Å². The van der Waals surface area contributed by atoms with Gasteiger partial charge in [-0.3, -0.25) is 0 Å². The first-order valence-corrected chi connectivity index (χ1v) is 8.74. The Morgan fingerprint density at radius 1 is 0.760 bits per heavy atom. The number of hydrogen-bond acceptors (Lipinski definition) is 2. The largest absolute Gasteiger partial charge is 0.495 e. The summed E-state index contributed by atoms with van der Waals surface area (Å²) in [4.78, 5) is 2.34. The molecule has 0 spiro atoms. The van der Waals surface area contributed by atoms with Crippen molar-refractivity contribution in [3.8, 4) is 5.75 Å². The number of fused-ring (bicyclic) bond motifs is 2. The second-order valence-electron chi connectivity index (χ2n) is 6.85. The van der Waals surface area contributed by atoms with E-state index >= 15 is 0 Å². The lowest BCUT2D eigenvalue weighted by Gasteiger charge is -2.36. The summed E-state index contributed by atoms with van der Waals surface area (Å²) in [5.41, 5.74) is 8.86. The highest BCUT2D eigenvalue weighted by atomic mass is 16.5. The quantitative estimate of drug-likeness (QED) is 0.650. The van der Waals surface area contributed by atoms with Crippen molar-refractivity contribution in [1.29, 1.82) is 0 Å². The number of anilines is 3. The van der Waals surface area contributed by atoms with Crippen LogP contribution in [-0.2, 0) is 0 Å². The molecular formula is C22H22BNO. The SMILES string of the molecule is COc1ccccc1N1c2ccc(C)cc2B(C)c2cc(C)ccc21. The normalized spacial score (nSPS) is 12.6. The van der Waals surface area contributed by atoms with Gasteiger partial charge in [0.15, 0.2) is 0 Å². The molecule has 0 N–H and O–H groups in total. The number of para-hydroxylation sites is 2. The minimum atomic E-state index is 0.371. The molecule has 0 amide bonds. The van der Waals surface area contributed by atoms with Crippen molar-refractivity contribution in [2.75, 3.05) is 12.0 Å². The summed E-state index contributed by atoms with van der Waals surface area (Å²) >= 11 is 0. The van der Waals surface area contributed by atoms with Crippen molar-refractivity contribution in [3.05, 3.63) is 71.8 Å². The molecule has 1 aliphatic rings. The van der Waals surface area contributed by atoms with Gasteiger partial charge in [-0.15, -0.1) is 0 Å². The van der Waals surface area contributed by atoms with E-state index in [9.17, 15) is 0 Å². The van der Waals surface area contributed by atoms with Crippen molar-refractivity contribution < 1.29 is 4.74 Å². The molecule has 0 atom stereocenters. The lowest BCUT2D eigenvalue weighted by molar-refractivity contribution is 0.416. The van der Waals surface area contributed by atoms with Crippen molar-refractivity contribution in [1.82, 2.24) is 0 Å². The van der Waals surface area contributed by atoms with Crippen LogP contribution in [0.2, 0.25) is 6.82 Å². The van der Waals surface area contributed by atoms with E-state index in [1.54, 1.807) is 7.11 Å². The Kier molecular flexibility index (Phi) is 3.80. The molecule has 0 radical (unpaired) electrons. The van der Waals surface area contributed by atoms with Gasteiger partial charge in [0.2, 0.25) is 6.71 Å². The Labute approximate surface area is 150 Å². The van der Waals surface area contributed by atoms with Crippen LogP contribution in [0, 0.1) is 13.8 Å². The molecule has 0 aliphatic carbocycles. The zero-order chi connectivity index (χ0) is 17.6. The Balaban J connectivity index is 2.03. The molecule has 3 aromatic carbocycles. The number of benzene rings is 3. The van der Waals surface area contributed by atoms with Crippen molar-refractivity contribution in [2.45, 2.75) is 20.7 Å². The first-order valence-electron chi connectivity index (χ1n) is 8.74. The van der Waals surface area contributed by atoms with Gasteiger partial charge in [-0.05, 0) is 38.1 Å². The fourth-order valence-electron chi connectivity index (χ4n) is 3.82. The monoisotopic (exact) mass is 327 g/mol. The summed E-state index contributed by atoms with van der Waals surface area (Å²) in [5, 5.41) is 0. The molecule has 0 bridgehead atoms. The van der Waals surface area contributed by atoms with E-state index in [-0.39, 0.29) is 0 Å². The highest BCUT2D eigenvalue weighted by Crippen LogP contribution is 2.40. The molecule has 0 saturated carbocycles. The number of hydrogen-bond donors (Lipinski definition) is 0. The number of ether oxygens (including phenoxy) is 1. The van der Waals surface area contributed by atoms with Gasteiger partial charge in [0.05, 0.1) is 12.8 Å². The minimum Gasteiger partial charge on any atom is -0.495 e. The van der Waals surface area contributed by atoms with Crippen molar-refractivity contribution in [3.63, 3.8) is 0 Å². The third kappa shape index (κ3) is 2.51. The predicted octanol–water partition coefficient (Wildman–Crippen LogP) is 4.33. The summed E-state index contributed by atoms with van der Waals surface area (Å²) in [6.45, 7) is 6.99. The average Bonchev–Trinajstić information content (AvgIpc) is 2.63. The lowest BCUT2D eigenvalue weighted by Crippen LogP contribution is -2.48. The molecule has 1 aliphatic heterocycles. The molecular weight excluding hydrogens is 305 g/mol. The highest BCUT2D eigenvalue weighted by Gasteiger charge is 2.32. The van der Waals surface area contributed by atoms with Gasteiger partial charge >= 0.3 is 0 Å². The molecule has 2 nitrogen and oxygen atoms in total. The van der Waals surface area contributed by atoms with Crippen LogP contribution < -0.4 is 20.6 Å². The number of aryl methyl sites for hydroxylation is 2. The lowest BCUT2D eigenvalue weighted by atomic mass is 9.40. The molecule has 0 fully saturated rings. The summed E-state index contributed by atoms with van der Waals surface area (Å²) in [6, 6.07) is 21.7. The molecule has 4 rings (SSSR count). The van der Waals surface area contributed by atoms with E-state index in [2.05, 4.69) is 74.1 Å². The van der Waals surface area contributed by atoms with Crippen molar-refractivity contribution >= 4 is 34.7 Å². The molecule has 3 heteroatoms. The first-order chi connectivity index (χ1) is 12.1. The third-order valence-corrected chi connectivity index (χ3v) is 5.11. The van der Waals surface area contributed by atoms with E-state index < -0.39 is 0 Å². The third-order valence-electron chi connectivity index (χ3n) is 5.11.